The molecule has 2 aliphatic rings. The highest BCUT2D eigenvalue weighted by molar-refractivity contribution is 5.78. The predicted octanol–water partition coefficient (Wildman–Crippen LogP) is 2.56. The van der Waals surface area contributed by atoms with E-state index in [2.05, 4.69) is 24.8 Å². The van der Waals surface area contributed by atoms with Crippen molar-refractivity contribution in [3.63, 3.8) is 0 Å². The normalized spacial score (nSPS) is 30.0. The summed E-state index contributed by atoms with van der Waals surface area (Å²) in [5.41, 5.74) is 7.38. The summed E-state index contributed by atoms with van der Waals surface area (Å²) >= 11 is 0. The van der Waals surface area contributed by atoms with Crippen LogP contribution in [0.5, 0.6) is 5.75 Å². The average Bonchev–Trinajstić information content (AvgIpc) is 2.75. The third kappa shape index (κ3) is 2.47. The molecule has 0 bridgehead atoms. The summed E-state index contributed by atoms with van der Waals surface area (Å²) in [5, 5.41) is 0. The molecule has 3 atom stereocenters. The minimum Gasteiger partial charge on any atom is -0.488 e. The Bertz CT molecular complexity index is 514. The van der Waals surface area contributed by atoms with Gasteiger partial charge in [-0.15, -0.1) is 0 Å². The van der Waals surface area contributed by atoms with Gasteiger partial charge in [0.25, 0.3) is 0 Å². The molecule has 2 N–H and O–H groups in total. The Morgan fingerprint density at radius 3 is 2.95 bits per heavy atom. The van der Waals surface area contributed by atoms with Crippen LogP contribution < -0.4 is 10.5 Å². The number of piperidine rings is 1. The van der Waals surface area contributed by atoms with Gasteiger partial charge in [-0.25, -0.2) is 4.99 Å². The second-order valence-electron chi connectivity index (χ2n) is 5.99. The van der Waals surface area contributed by atoms with Crippen molar-refractivity contribution in [1.82, 2.24) is 4.90 Å². The first kappa shape index (κ1) is 13.3. The highest BCUT2D eigenvalue weighted by Crippen LogP contribution is 2.38. The quantitative estimate of drug-likeness (QED) is 0.632. The van der Waals surface area contributed by atoms with Crippen LogP contribution in [0.25, 0.3) is 0 Å². The second-order valence-corrected chi connectivity index (χ2v) is 5.99. The number of aliphatic imine (C=N–C) groups is 1. The lowest BCUT2D eigenvalue weighted by molar-refractivity contribution is 0.225. The largest absolute Gasteiger partial charge is 0.488 e. The zero-order chi connectivity index (χ0) is 14.1. The summed E-state index contributed by atoms with van der Waals surface area (Å²) in [6.07, 6.45) is 2.54. The van der Waals surface area contributed by atoms with E-state index in [1.54, 1.807) is 0 Å². The number of rotatable bonds is 1. The van der Waals surface area contributed by atoms with Crippen molar-refractivity contribution in [2.75, 3.05) is 13.1 Å². The van der Waals surface area contributed by atoms with Gasteiger partial charge in [-0.1, -0.05) is 25.1 Å². The lowest BCUT2D eigenvalue weighted by atomic mass is 10.0. The smallest absolute Gasteiger partial charge is 0.192 e. The van der Waals surface area contributed by atoms with Crippen molar-refractivity contribution < 1.29 is 4.74 Å². The Morgan fingerprint density at radius 2 is 2.15 bits per heavy atom. The maximum absolute atomic E-state index is 6.23. The van der Waals surface area contributed by atoms with Crippen LogP contribution in [-0.4, -0.2) is 30.1 Å². The first-order valence-corrected chi connectivity index (χ1v) is 7.49. The minimum atomic E-state index is 0.0171. The second kappa shape index (κ2) is 5.35. The molecule has 2 aliphatic heterocycles. The fourth-order valence-electron chi connectivity index (χ4n) is 3.15. The van der Waals surface area contributed by atoms with Crippen LogP contribution in [0, 0.1) is 5.92 Å². The Morgan fingerprint density at radius 1 is 1.35 bits per heavy atom. The zero-order valence-corrected chi connectivity index (χ0v) is 12.2. The SMILES string of the molecule is CC1CCCN(C(N)=NC2c3ccccc3OC2C)C1. The molecule has 3 rings (SSSR count). The van der Waals surface area contributed by atoms with Crippen LogP contribution in [0.2, 0.25) is 0 Å². The van der Waals surface area contributed by atoms with Crippen molar-refractivity contribution in [2.24, 2.45) is 16.6 Å². The molecular formula is C16H23N3O. The first-order valence-electron chi connectivity index (χ1n) is 7.49. The average molecular weight is 273 g/mol. The molecule has 4 nitrogen and oxygen atoms in total. The summed E-state index contributed by atoms with van der Waals surface area (Å²) < 4.78 is 5.85. The van der Waals surface area contributed by atoms with E-state index in [-0.39, 0.29) is 12.1 Å². The fraction of sp³-hybridized carbons (Fsp3) is 0.562. The number of hydrogen-bond donors (Lipinski definition) is 1. The Labute approximate surface area is 120 Å². The van der Waals surface area contributed by atoms with Crippen LogP contribution in [-0.2, 0) is 0 Å². The third-order valence-electron chi connectivity index (χ3n) is 4.25. The summed E-state index contributed by atoms with van der Waals surface area (Å²) in [4.78, 5) is 6.96. The lowest BCUT2D eigenvalue weighted by Crippen LogP contribution is -2.44. The zero-order valence-electron chi connectivity index (χ0n) is 12.2. The number of ether oxygens (including phenoxy) is 1. The Hall–Kier alpha value is -1.71. The fourth-order valence-corrected chi connectivity index (χ4v) is 3.15. The van der Waals surface area contributed by atoms with E-state index >= 15 is 0 Å². The number of nitrogens with two attached hydrogens (primary N) is 1. The minimum absolute atomic E-state index is 0.0171. The van der Waals surface area contributed by atoms with Gasteiger partial charge in [-0.05, 0) is 31.7 Å². The van der Waals surface area contributed by atoms with Gasteiger partial charge in [-0.3, -0.25) is 0 Å². The van der Waals surface area contributed by atoms with Gasteiger partial charge >= 0.3 is 0 Å². The van der Waals surface area contributed by atoms with E-state index < -0.39 is 0 Å². The molecule has 2 heterocycles. The van der Waals surface area contributed by atoms with E-state index in [1.807, 2.05) is 18.2 Å². The number of guanidine groups is 1. The van der Waals surface area contributed by atoms with Gasteiger partial charge in [0.1, 0.15) is 17.9 Å². The molecule has 20 heavy (non-hydrogen) atoms. The van der Waals surface area contributed by atoms with Gasteiger partial charge < -0.3 is 15.4 Å². The van der Waals surface area contributed by atoms with Crippen molar-refractivity contribution >= 4 is 5.96 Å². The number of likely N-dealkylation sites (tertiary alicyclic amines) is 1. The molecule has 0 radical (unpaired) electrons. The summed E-state index contributed by atoms with van der Waals surface area (Å²) in [7, 11) is 0. The van der Waals surface area contributed by atoms with E-state index in [0.717, 1.165) is 24.4 Å². The molecule has 1 saturated heterocycles. The summed E-state index contributed by atoms with van der Waals surface area (Å²) in [6.45, 7) is 6.36. The van der Waals surface area contributed by atoms with Crippen LogP contribution in [0.1, 0.15) is 38.3 Å². The topological polar surface area (TPSA) is 50.8 Å². The Kier molecular flexibility index (Phi) is 3.55. The highest BCUT2D eigenvalue weighted by Gasteiger charge is 2.31. The van der Waals surface area contributed by atoms with Gasteiger partial charge in [0, 0.05) is 18.7 Å². The molecule has 4 heteroatoms. The number of nitrogens with zero attached hydrogens (tertiary/aromatic N) is 2. The standard InChI is InChI=1S/C16H23N3O/c1-11-6-5-9-19(10-11)16(17)18-15-12(2)20-14-8-4-3-7-13(14)15/h3-4,7-8,11-12,15H,5-6,9-10H2,1-2H3,(H2,17,18). The number of para-hydroxylation sites is 1. The molecule has 0 aliphatic carbocycles. The number of hydrogen-bond acceptors (Lipinski definition) is 2. The summed E-state index contributed by atoms with van der Waals surface area (Å²) in [6, 6.07) is 8.12. The Balaban J connectivity index is 1.80. The van der Waals surface area contributed by atoms with Gasteiger partial charge in [0.15, 0.2) is 5.96 Å². The molecule has 0 spiro atoms. The van der Waals surface area contributed by atoms with Gasteiger partial charge in [0.05, 0.1) is 0 Å². The first-order chi connectivity index (χ1) is 9.65. The van der Waals surface area contributed by atoms with E-state index in [0.29, 0.717) is 11.9 Å². The number of benzene rings is 1. The molecule has 1 aromatic carbocycles. The maximum atomic E-state index is 6.23. The van der Waals surface area contributed by atoms with E-state index in [9.17, 15) is 0 Å². The van der Waals surface area contributed by atoms with Crippen molar-refractivity contribution in [1.29, 1.82) is 0 Å². The van der Waals surface area contributed by atoms with Crippen LogP contribution in [0.15, 0.2) is 29.3 Å². The molecule has 108 valence electrons. The predicted molar refractivity (Wildman–Crippen MR) is 80.9 cm³/mol. The van der Waals surface area contributed by atoms with Crippen LogP contribution in [0.3, 0.4) is 0 Å². The molecule has 0 amide bonds. The highest BCUT2D eigenvalue weighted by atomic mass is 16.5. The van der Waals surface area contributed by atoms with Crippen LogP contribution >= 0.6 is 0 Å². The molecule has 0 aromatic heterocycles. The summed E-state index contributed by atoms with van der Waals surface area (Å²) in [5.74, 6) is 2.30. The van der Waals surface area contributed by atoms with Crippen LogP contribution in [0.4, 0.5) is 0 Å². The van der Waals surface area contributed by atoms with Gasteiger partial charge in [-0.2, -0.15) is 0 Å². The monoisotopic (exact) mass is 273 g/mol. The van der Waals surface area contributed by atoms with Crippen molar-refractivity contribution in [3.05, 3.63) is 29.8 Å². The van der Waals surface area contributed by atoms with Crippen molar-refractivity contribution in [2.45, 2.75) is 38.8 Å². The van der Waals surface area contributed by atoms with E-state index in [1.165, 1.54) is 12.8 Å². The molecule has 1 fully saturated rings. The third-order valence-corrected chi connectivity index (χ3v) is 4.25. The molecule has 3 unspecified atom stereocenters. The maximum Gasteiger partial charge on any atom is 0.192 e. The van der Waals surface area contributed by atoms with Crippen molar-refractivity contribution in [3.8, 4) is 5.75 Å². The number of fused-ring (bicyclic) bond motifs is 1. The lowest BCUT2D eigenvalue weighted by Gasteiger charge is -2.32. The molecule has 1 aromatic rings. The van der Waals surface area contributed by atoms with Gasteiger partial charge in [0.2, 0.25) is 0 Å². The molecule has 0 saturated carbocycles. The molecular weight excluding hydrogens is 250 g/mol. The van der Waals surface area contributed by atoms with E-state index in [4.69, 9.17) is 15.5 Å².